The average molecular weight is 367 g/mol. The summed E-state index contributed by atoms with van der Waals surface area (Å²) in [5.41, 5.74) is 5.22. The van der Waals surface area contributed by atoms with Crippen LogP contribution in [0, 0.1) is 0 Å². The molecule has 0 aromatic heterocycles. The maximum atomic E-state index is 11.1. The fourth-order valence-corrected chi connectivity index (χ4v) is 2.15. The Morgan fingerprint density at radius 2 is 1.88 bits per heavy atom. The Hall–Kier alpha value is -0.750. The molecule has 0 radical (unpaired) electrons. The molecular formula is C11H13Br2NO3. The van der Waals surface area contributed by atoms with Crippen molar-refractivity contribution in [2.45, 2.75) is 19.4 Å². The lowest BCUT2D eigenvalue weighted by molar-refractivity contribution is -0.124. The Kier molecular flexibility index (Phi) is 5.27. The third-order valence-electron chi connectivity index (χ3n) is 2.16. The summed E-state index contributed by atoms with van der Waals surface area (Å²) in [7, 11) is 1.57. The number of halogens is 2. The van der Waals surface area contributed by atoms with E-state index in [0.29, 0.717) is 22.4 Å². The Morgan fingerprint density at radius 3 is 2.35 bits per heavy atom. The van der Waals surface area contributed by atoms with E-state index in [4.69, 9.17) is 15.2 Å². The molecule has 0 aliphatic rings. The lowest BCUT2D eigenvalue weighted by Gasteiger charge is -2.16. The standard InChI is InChI=1S/C11H13Br2NO3/c1-3-8(11(14)15)17-10-5-6(12)9(16-2)4-7(10)13/h4-5,8H,3H2,1-2H3,(H2,14,15). The van der Waals surface area contributed by atoms with Gasteiger partial charge in [-0.15, -0.1) is 0 Å². The second-order valence-electron chi connectivity index (χ2n) is 3.33. The van der Waals surface area contributed by atoms with Crippen LogP contribution in [-0.2, 0) is 4.79 Å². The molecule has 17 heavy (non-hydrogen) atoms. The summed E-state index contributed by atoms with van der Waals surface area (Å²) in [6.45, 7) is 1.84. The van der Waals surface area contributed by atoms with E-state index < -0.39 is 12.0 Å². The minimum atomic E-state index is -0.633. The summed E-state index contributed by atoms with van der Waals surface area (Å²) in [6.07, 6.45) is -0.114. The maximum Gasteiger partial charge on any atom is 0.258 e. The van der Waals surface area contributed by atoms with E-state index in [1.807, 2.05) is 6.92 Å². The smallest absolute Gasteiger partial charge is 0.258 e. The average Bonchev–Trinajstić information content (AvgIpc) is 2.29. The summed E-state index contributed by atoms with van der Waals surface area (Å²) in [6, 6.07) is 3.49. The molecular weight excluding hydrogens is 354 g/mol. The van der Waals surface area contributed by atoms with Gasteiger partial charge < -0.3 is 15.2 Å². The van der Waals surface area contributed by atoms with Gasteiger partial charge >= 0.3 is 0 Å². The highest BCUT2D eigenvalue weighted by Crippen LogP contribution is 2.36. The molecule has 0 bridgehead atoms. The van der Waals surface area contributed by atoms with Crippen LogP contribution >= 0.6 is 31.9 Å². The van der Waals surface area contributed by atoms with Gasteiger partial charge in [0, 0.05) is 0 Å². The highest BCUT2D eigenvalue weighted by Gasteiger charge is 2.17. The van der Waals surface area contributed by atoms with Crippen molar-refractivity contribution in [1.82, 2.24) is 0 Å². The molecule has 0 fully saturated rings. The van der Waals surface area contributed by atoms with Crippen LogP contribution in [0.5, 0.6) is 11.5 Å². The molecule has 4 nitrogen and oxygen atoms in total. The Morgan fingerprint density at radius 1 is 1.35 bits per heavy atom. The Labute approximate surface area is 117 Å². The summed E-state index contributed by atoms with van der Waals surface area (Å²) in [4.78, 5) is 11.1. The van der Waals surface area contributed by atoms with Crippen molar-refractivity contribution in [2.75, 3.05) is 7.11 Å². The maximum absolute atomic E-state index is 11.1. The lowest BCUT2D eigenvalue weighted by Crippen LogP contribution is -2.33. The molecule has 1 atom stereocenters. The van der Waals surface area contributed by atoms with E-state index in [2.05, 4.69) is 31.9 Å². The van der Waals surface area contributed by atoms with Crippen LogP contribution in [0.15, 0.2) is 21.1 Å². The van der Waals surface area contributed by atoms with E-state index in [-0.39, 0.29) is 0 Å². The number of carbonyl (C=O) groups is 1. The first-order valence-electron chi connectivity index (χ1n) is 4.98. The van der Waals surface area contributed by atoms with Gasteiger partial charge in [-0.05, 0) is 50.4 Å². The molecule has 1 unspecified atom stereocenters. The van der Waals surface area contributed by atoms with E-state index in [1.165, 1.54) is 0 Å². The Bertz CT molecular complexity index is 423. The van der Waals surface area contributed by atoms with Crippen molar-refractivity contribution in [3.05, 3.63) is 21.1 Å². The van der Waals surface area contributed by atoms with Gasteiger partial charge in [0.05, 0.1) is 16.1 Å². The molecule has 94 valence electrons. The predicted molar refractivity (Wildman–Crippen MR) is 72.3 cm³/mol. The van der Waals surface area contributed by atoms with Crippen molar-refractivity contribution in [3.63, 3.8) is 0 Å². The summed E-state index contributed by atoms with van der Waals surface area (Å²) >= 11 is 6.70. The predicted octanol–water partition coefficient (Wildman–Crippen LogP) is 2.86. The van der Waals surface area contributed by atoms with Gasteiger partial charge in [-0.1, -0.05) is 6.92 Å². The third-order valence-corrected chi connectivity index (χ3v) is 3.40. The number of benzene rings is 1. The van der Waals surface area contributed by atoms with Crippen molar-refractivity contribution in [2.24, 2.45) is 5.73 Å². The van der Waals surface area contributed by atoms with Crippen molar-refractivity contribution < 1.29 is 14.3 Å². The third kappa shape index (κ3) is 3.61. The second kappa shape index (κ2) is 6.26. The number of hydrogen-bond acceptors (Lipinski definition) is 3. The van der Waals surface area contributed by atoms with Crippen LogP contribution in [0.2, 0.25) is 0 Å². The van der Waals surface area contributed by atoms with E-state index >= 15 is 0 Å². The first kappa shape index (κ1) is 14.3. The fraction of sp³-hybridized carbons (Fsp3) is 0.364. The fourth-order valence-electron chi connectivity index (χ4n) is 1.25. The van der Waals surface area contributed by atoms with Crippen LogP contribution < -0.4 is 15.2 Å². The number of hydrogen-bond donors (Lipinski definition) is 1. The number of methoxy groups -OCH3 is 1. The zero-order chi connectivity index (χ0) is 13.0. The van der Waals surface area contributed by atoms with Crippen molar-refractivity contribution in [3.8, 4) is 11.5 Å². The van der Waals surface area contributed by atoms with Gasteiger partial charge in [0.25, 0.3) is 5.91 Å². The molecule has 1 rings (SSSR count). The first-order valence-corrected chi connectivity index (χ1v) is 6.57. The molecule has 0 saturated carbocycles. The minimum absolute atomic E-state index is 0.480. The van der Waals surface area contributed by atoms with Gasteiger partial charge in [-0.3, -0.25) is 4.79 Å². The molecule has 2 N–H and O–H groups in total. The molecule has 0 aliphatic heterocycles. The van der Waals surface area contributed by atoms with Crippen molar-refractivity contribution >= 4 is 37.8 Å². The quantitative estimate of drug-likeness (QED) is 0.871. The highest BCUT2D eigenvalue weighted by atomic mass is 79.9. The zero-order valence-electron chi connectivity index (χ0n) is 9.50. The van der Waals surface area contributed by atoms with Crippen molar-refractivity contribution in [1.29, 1.82) is 0 Å². The van der Waals surface area contributed by atoms with E-state index in [0.717, 1.165) is 4.47 Å². The summed E-state index contributed by atoms with van der Waals surface area (Å²) in [5, 5.41) is 0. The van der Waals surface area contributed by atoms with Gasteiger partial charge in [0.1, 0.15) is 11.5 Å². The van der Waals surface area contributed by atoms with Gasteiger partial charge in [0.15, 0.2) is 6.10 Å². The normalized spacial score (nSPS) is 12.0. The number of amides is 1. The molecule has 1 aromatic rings. The van der Waals surface area contributed by atoms with Crippen LogP contribution in [0.4, 0.5) is 0 Å². The number of carbonyl (C=O) groups excluding carboxylic acids is 1. The van der Waals surface area contributed by atoms with E-state index in [9.17, 15) is 4.79 Å². The molecule has 0 saturated heterocycles. The monoisotopic (exact) mass is 365 g/mol. The first-order chi connectivity index (χ1) is 7.99. The molecule has 0 heterocycles. The van der Waals surface area contributed by atoms with Gasteiger partial charge in [0.2, 0.25) is 0 Å². The SMILES string of the molecule is CCC(Oc1cc(Br)c(OC)cc1Br)C(N)=O. The van der Waals surface area contributed by atoms with E-state index in [1.54, 1.807) is 19.2 Å². The van der Waals surface area contributed by atoms with Gasteiger partial charge in [-0.2, -0.15) is 0 Å². The van der Waals surface area contributed by atoms with Gasteiger partial charge in [-0.25, -0.2) is 0 Å². The number of rotatable bonds is 5. The molecule has 0 spiro atoms. The van der Waals surface area contributed by atoms with Crippen LogP contribution in [0.1, 0.15) is 13.3 Å². The summed E-state index contributed by atoms with van der Waals surface area (Å²) < 4.78 is 12.1. The molecule has 1 amide bonds. The summed E-state index contributed by atoms with van der Waals surface area (Å²) in [5.74, 6) is 0.742. The highest BCUT2D eigenvalue weighted by molar-refractivity contribution is 9.11. The molecule has 6 heteroatoms. The minimum Gasteiger partial charge on any atom is -0.496 e. The number of ether oxygens (including phenoxy) is 2. The zero-order valence-corrected chi connectivity index (χ0v) is 12.7. The Balaban J connectivity index is 2.99. The largest absolute Gasteiger partial charge is 0.496 e. The van der Waals surface area contributed by atoms with Crippen LogP contribution in [0.25, 0.3) is 0 Å². The van der Waals surface area contributed by atoms with Crippen LogP contribution in [0.3, 0.4) is 0 Å². The second-order valence-corrected chi connectivity index (χ2v) is 5.04. The molecule has 0 aliphatic carbocycles. The number of primary amides is 1. The molecule has 1 aromatic carbocycles. The topological polar surface area (TPSA) is 61.6 Å². The van der Waals surface area contributed by atoms with Crippen LogP contribution in [-0.4, -0.2) is 19.1 Å². The lowest BCUT2D eigenvalue weighted by atomic mass is 10.2. The number of nitrogens with two attached hydrogens (primary N) is 1.